The van der Waals surface area contributed by atoms with E-state index in [0.717, 1.165) is 10.5 Å². The first kappa shape index (κ1) is 17.6. The maximum Gasteiger partial charge on any atom is 0.348 e. The Bertz CT molecular complexity index is 710. The summed E-state index contributed by atoms with van der Waals surface area (Å²) in [6.45, 7) is 6.17. The van der Waals surface area contributed by atoms with Crippen LogP contribution in [0.3, 0.4) is 0 Å². The number of benzene rings is 1. The Labute approximate surface area is 144 Å². The zero-order valence-corrected chi connectivity index (χ0v) is 15.0. The van der Waals surface area contributed by atoms with E-state index in [0.29, 0.717) is 22.2 Å². The number of aryl methyl sites for hydroxylation is 2. The van der Waals surface area contributed by atoms with E-state index >= 15 is 0 Å². The van der Waals surface area contributed by atoms with E-state index in [1.54, 1.807) is 19.1 Å². The van der Waals surface area contributed by atoms with Crippen molar-refractivity contribution >= 4 is 40.0 Å². The third-order valence-corrected chi connectivity index (χ3v) is 5.19. The van der Waals surface area contributed by atoms with Crippen LogP contribution in [0, 0.1) is 13.8 Å². The van der Waals surface area contributed by atoms with Crippen molar-refractivity contribution in [3.8, 4) is 0 Å². The van der Waals surface area contributed by atoms with Gasteiger partial charge in [-0.1, -0.05) is 17.7 Å². The van der Waals surface area contributed by atoms with Gasteiger partial charge in [-0.05, 0) is 44.5 Å². The summed E-state index contributed by atoms with van der Waals surface area (Å²) in [4.78, 5) is 25.2. The van der Waals surface area contributed by atoms with Crippen LogP contribution in [0.1, 0.15) is 27.7 Å². The molecule has 2 rings (SSSR count). The van der Waals surface area contributed by atoms with Crippen LogP contribution < -0.4 is 5.32 Å². The summed E-state index contributed by atoms with van der Waals surface area (Å²) in [7, 11) is 0. The molecule has 0 aliphatic rings. The van der Waals surface area contributed by atoms with Gasteiger partial charge in [0.05, 0.1) is 17.4 Å². The molecule has 0 saturated heterocycles. The maximum absolute atomic E-state index is 12.0. The highest BCUT2D eigenvalue weighted by Crippen LogP contribution is 2.25. The number of esters is 1. The number of anilines is 1. The van der Waals surface area contributed by atoms with Crippen LogP contribution in [0.2, 0.25) is 0 Å². The molecule has 0 spiro atoms. The van der Waals surface area contributed by atoms with Crippen molar-refractivity contribution in [1.29, 1.82) is 0 Å². The van der Waals surface area contributed by atoms with Gasteiger partial charge >= 0.3 is 5.97 Å². The molecule has 0 aliphatic heterocycles. The number of nitrogens with one attached hydrogen (secondary N) is 1. The summed E-state index contributed by atoms with van der Waals surface area (Å²) in [5, 5.41) is 3.47. The fourth-order valence-corrected chi connectivity index (χ4v) is 3.64. The second-order valence-electron chi connectivity index (χ2n) is 4.99. The number of hydrogen-bond acceptors (Lipinski definition) is 5. The van der Waals surface area contributed by atoms with Gasteiger partial charge in [0.15, 0.2) is 0 Å². The quantitative estimate of drug-likeness (QED) is 0.625. The van der Waals surface area contributed by atoms with E-state index in [1.165, 1.54) is 28.7 Å². The summed E-state index contributed by atoms with van der Waals surface area (Å²) in [5.41, 5.74) is 2.34. The zero-order valence-electron chi connectivity index (χ0n) is 13.3. The van der Waals surface area contributed by atoms with Gasteiger partial charge in [-0.3, -0.25) is 4.79 Å². The minimum Gasteiger partial charge on any atom is -0.462 e. The SMILES string of the molecule is CCOC(=O)c1ccc(NC(=O)CSc2cc(C)ccc2C)s1. The molecular formula is C17H19NO3S2. The van der Waals surface area contributed by atoms with Crippen LogP contribution in [0.15, 0.2) is 35.2 Å². The summed E-state index contributed by atoms with van der Waals surface area (Å²) >= 11 is 2.73. The number of hydrogen-bond donors (Lipinski definition) is 1. The Morgan fingerprint density at radius 1 is 1.22 bits per heavy atom. The van der Waals surface area contributed by atoms with Gasteiger partial charge in [-0.25, -0.2) is 4.79 Å². The van der Waals surface area contributed by atoms with Gasteiger partial charge in [-0.2, -0.15) is 0 Å². The Morgan fingerprint density at radius 3 is 2.74 bits per heavy atom. The number of carbonyl (C=O) groups excluding carboxylic acids is 2. The van der Waals surface area contributed by atoms with Crippen LogP contribution in [0.4, 0.5) is 5.00 Å². The van der Waals surface area contributed by atoms with Gasteiger partial charge in [-0.15, -0.1) is 23.1 Å². The summed E-state index contributed by atoms with van der Waals surface area (Å²) in [6, 6.07) is 9.58. The first-order valence-corrected chi connectivity index (χ1v) is 9.06. The Hall–Kier alpha value is -1.79. The Morgan fingerprint density at radius 2 is 2.00 bits per heavy atom. The lowest BCUT2D eigenvalue weighted by Crippen LogP contribution is -2.13. The van der Waals surface area contributed by atoms with Crippen LogP contribution >= 0.6 is 23.1 Å². The normalized spacial score (nSPS) is 10.4. The van der Waals surface area contributed by atoms with Crippen molar-refractivity contribution in [2.24, 2.45) is 0 Å². The molecule has 0 saturated carbocycles. The molecule has 0 atom stereocenters. The molecule has 0 aliphatic carbocycles. The van der Waals surface area contributed by atoms with Crippen molar-refractivity contribution < 1.29 is 14.3 Å². The van der Waals surface area contributed by atoms with Crippen molar-refractivity contribution in [2.45, 2.75) is 25.7 Å². The van der Waals surface area contributed by atoms with Crippen LogP contribution in [-0.4, -0.2) is 24.2 Å². The first-order valence-electron chi connectivity index (χ1n) is 7.26. The van der Waals surface area contributed by atoms with Gasteiger partial charge in [0.1, 0.15) is 4.88 Å². The predicted octanol–water partition coefficient (Wildman–Crippen LogP) is 4.27. The van der Waals surface area contributed by atoms with E-state index < -0.39 is 0 Å². The number of carbonyl (C=O) groups is 2. The van der Waals surface area contributed by atoms with Gasteiger partial charge in [0, 0.05) is 4.90 Å². The fraction of sp³-hybridized carbons (Fsp3) is 0.294. The second-order valence-corrected chi connectivity index (χ2v) is 7.09. The smallest absolute Gasteiger partial charge is 0.348 e. The number of ether oxygens (including phenoxy) is 1. The number of thiophene rings is 1. The van der Waals surface area contributed by atoms with E-state index in [9.17, 15) is 9.59 Å². The van der Waals surface area contributed by atoms with E-state index in [2.05, 4.69) is 23.5 Å². The maximum atomic E-state index is 12.0. The number of amides is 1. The molecule has 0 radical (unpaired) electrons. The number of thioether (sulfide) groups is 1. The molecule has 23 heavy (non-hydrogen) atoms. The molecule has 2 aromatic rings. The van der Waals surface area contributed by atoms with E-state index in [1.807, 2.05) is 13.8 Å². The lowest BCUT2D eigenvalue weighted by Gasteiger charge is -2.07. The number of rotatable bonds is 6. The third-order valence-electron chi connectivity index (χ3n) is 3.05. The monoisotopic (exact) mass is 349 g/mol. The predicted molar refractivity (Wildman–Crippen MR) is 95.5 cm³/mol. The molecule has 1 heterocycles. The standard InChI is InChI=1S/C17H19NO3S2/c1-4-21-17(20)13-7-8-16(23-13)18-15(19)10-22-14-9-11(2)5-6-12(14)3/h5-9H,4,10H2,1-3H3,(H,18,19). The van der Waals surface area contributed by atoms with Crippen LogP contribution in [0.25, 0.3) is 0 Å². The molecule has 1 aromatic heterocycles. The Balaban J connectivity index is 1.90. The largest absolute Gasteiger partial charge is 0.462 e. The minimum absolute atomic E-state index is 0.0897. The zero-order chi connectivity index (χ0) is 16.8. The van der Waals surface area contributed by atoms with Crippen molar-refractivity contribution in [1.82, 2.24) is 0 Å². The first-order chi connectivity index (χ1) is 11.0. The molecule has 1 N–H and O–H groups in total. The molecule has 122 valence electrons. The van der Waals surface area contributed by atoms with Crippen molar-refractivity contribution in [3.63, 3.8) is 0 Å². The molecule has 4 nitrogen and oxygen atoms in total. The topological polar surface area (TPSA) is 55.4 Å². The highest BCUT2D eigenvalue weighted by atomic mass is 32.2. The second kappa shape index (κ2) is 8.17. The third kappa shape index (κ3) is 5.11. The van der Waals surface area contributed by atoms with Gasteiger partial charge in [0.25, 0.3) is 0 Å². The summed E-state index contributed by atoms with van der Waals surface area (Å²) < 4.78 is 4.93. The average molecular weight is 349 g/mol. The highest BCUT2D eigenvalue weighted by molar-refractivity contribution is 8.00. The lowest BCUT2D eigenvalue weighted by molar-refractivity contribution is -0.113. The summed E-state index contributed by atoms with van der Waals surface area (Å²) in [5.74, 6) is -0.118. The van der Waals surface area contributed by atoms with Gasteiger partial charge in [0.2, 0.25) is 5.91 Å². The van der Waals surface area contributed by atoms with Crippen molar-refractivity contribution in [3.05, 3.63) is 46.3 Å². The lowest BCUT2D eigenvalue weighted by atomic mass is 10.2. The molecular weight excluding hydrogens is 330 g/mol. The minimum atomic E-state index is -0.359. The molecule has 0 unspecified atom stereocenters. The van der Waals surface area contributed by atoms with Crippen LogP contribution in [0.5, 0.6) is 0 Å². The molecule has 0 bridgehead atoms. The molecule has 1 amide bonds. The fourth-order valence-electron chi connectivity index (χ4n) is 1.90. The summed E-state index contributed by atoms with van der Waals surface area (Å²) in [6.07, 6.45) is 0. The molecule has 6 heteroatoms. The average Bonchev–Trinajstić information content (AvgIpc) is 2.97. The Kier molecular flexibility index (Phi) is 6.24. The van der Waals surface area contributed by atoms with Crippen LogP contribution in [-0.2, 0) is 9.53 Å². The highest BCUT2D eigenvalue weighted by Gasteiger charge is 2.12. The van der Waals surface area contributed by atoms with E-state index in [-0.39, 0.29) is 11.9 Å². The van der Waals surface area contributed by atoms with Gasteiger partial charge < -0.3 is 10.1 Å². The molecule has 1 aromatic carbocycles. The van der Waals surface area contributed by atoms with Crippen molar-refractivity contribution in [2.75, 3.05) is 17.7 Å². The van der Waals surface area contributed by atoms with E-state index in [4.69, 9.17) is 4.74 Å². The molecule has 0 fully saturated rings.